The predicted octanol–water partition coefficient (Wildman–Crippen LogP) is 2.99. The lowest BCUT2D eigenvalue weighted by atomic mass is 9.98. The Hall–Kier alpha value is -2.30. The molecule has 0 fully saturated rings. The molecule has 2 rings (SSSR count). The highest BCUT2D eigenvalue weighted by atomic mass is 16.5. The normalized spacial score (nSPS) is 12.1. The van der Waals surface area contributed by atoms with Crippen LogP contribution < -0.4 is 4.74 Å². The van der Waals surface area contributed by atoms with Gasteiger partial charge in [0.05, 0.1) is 18.2 Å². The summed E-state index contributed by atoms with van der Waals surface area (Å²) >= 11 is 0. The van der Waals surface area contributed by atoms with E-state index in [0.717, 1.165) is 28.3 Å². The maximum Gasteiger partial charge on any atom is 0.229 e. The van der Waals surface area contributed by atoms with Crippen LogP contribution in [0.25, 0.3) is 0 Å². The Kier molecular flexibility index (Phi) is 5.65. The smallest absolute Gasteiger partial charge is 0.229 e. The molecule has 0 spiro atoms. The number of rotatable bonds is 6. The highest BCUT2D eigenvalue weighted by molar-refractivity contribution is 5.83. The number of carbonyl (C=O) groups excluding carboxylic acids is 1. The molecule has 0 saturated carbocycles. The van der Waals surface area contributed by atoms with Crippen LogP contribution in [-0.4, -0.2) is 40.8 Å². The third kappa shape index (κ3) is 3.78. The van der Waals surface area contributed by atoms with Crippen LogP contribution in [0.4, 0.5) is 0 Å². The largest absolute Gasteiger partial charge is 0.491 e. The zero-order valence-corrected chi connectivity index (χ0v) is 15.5. The summed E-state index contributed by atoms with van der Waals surface area (Å²) in [5.41, 5.74) is 4.08. The Labute approximate surface area is 144 Å². The number of aromatic nitrogens is 2. The van der Waals surface area contributed by atoms with Crippen molar-refractivity contribution in [1.29, 1.82) is 0 Å². The van der Waals surface area contributed by atoms with Crippen molar-refractivity contribution in [3.63, 3.8) is 0 Å². The van der Waals surface area contributed by atoms with E-state index < -0.39 is 0 Å². The average Bonchev–Trinajstić information content (AvgIpc) is 2.80. The number of ether oxygens (including phenoxy) is 1. The molecular formula is C19H27N3O2. The van der Waals surface area contributed by atoms with Crippen molar-refractivity contribution in [3.05, 3.63) is 46.8 Å². The van der Waals surface area contributed by atoms with Crippen molar-refractivity contribution in [2.45, 2.75) is 33.6 Å². The van der Waals surface area contributed by atoms with E-state index in [0.29, 0.717) is 13.2 Å². The van der Waals surface area contributed by atoms with Crippen molar-refractivity contribution < 1.29 is 9.53 Å². The van der Waals surface area contributed by atoms with E-state index in [1.165, 1.54) is 0 Å². The lowest BCUT2D eigenvalue weighted by molar-refractivity contribution is -0.131. The number of hydrogen-bond donors (Lipinski definition) is 0. The number of hydrogen-bond acceptors (Lipinski definition) is 3. The highest BCUT2D eigenvalue weighted by Gasteiger charge is 2.25. The summed E-state index contributed by atoms with van der Waals surface area (Å²) in [6, 6.07) is 7.90. The van der Waals surface area contributed by atoms with Crippen LogP contribution in [0, 0.1) is 20.8 Å². The molecule has 1 aromatic heterocycles. The Balaban J connectivity index is 1.95. The molecular weight excluding hydrogens is 302 g/mol. The van der Waals surface area contributed by atoms with E-state index >= 15 is 0 Å². The van der Waals surface area contributed by atoms with Gasteiger partial charge in [-0.1, -0.05) is 18.2 Å². The third-order valence-electron chi connectivity index (χ3n) is 4.52. The zero-order chi connectivity index (χ0) is 17.9. The minimum atomic E-state index is -0.206. The Morgan fingerprint density at radius 3 is 2.54 bits per heavy atom. The molecule has 0 radical (unpaired) electrons. The predicted molar refractivity (Wildman–Crippen MR) is 95.4 cm³/mol. The number of amides is 1. The van der Waals surface area contributed by atoms with Crippen LogP contribution in [0.2, 0.25) is 0 Å². The van der Waals surface area contributed by atoms with E-state index in [4.69, 9.17) is 4.74 Å². The van der Waals surface area contributed by atoms with Gasteiger partial charge in [-0.25, -0.2) is 0 Å². The molecule has 5 heteroatoms. The molecule has 1 aromatic carbocycles. The van der Waals surface area contributed by atoms with Crippen molar-refractivity contribution in [2.24, 2.45) is 7.05 Å². The molecule has 0 unspecified atom stereocenters. The van der Waals surface area contributed by atoms with Gasteiger partial charge in [-0.15, -0.1) is 0 Å². The second-order valence-corrected chi connectivity index (χ2v) is 6.30. The Morgan fingerprint density at radius 2 is 1.96 bits per heavy atom. The maximum atomic E-state index is 12.7. The number of aryl methyl sites for hydroxylation is 3. The van der Waals surface area contributed by atoms with Gasteiger partial charge in [0.2, 0.25) is 5.91 Å². The van der Waals surface area contributed by atoms with Gasteiger partial charge in [-0.2, -0.15) is 5.10 Å². The number of carbonyl (C=O) groups is 1. The van der Waals surface area contributed by atoms with Gasteiger partial charge < -0.3 is 9.64 Å². The molecule has 5 nitrogen and oxygen atoms in total. The summed E-state index contributed by atoms with van der Waals surface area (Å²) in [5, 5.41) is 4.41. The van der Waals surface area contributed by atoms with Crippen molar-refractivity contribution >= 4 is 5.91 Å². The first-order valence-corrected chi connectivity index (χ1v) is 8.26. The maximum absolute atomic E-state index is 12.7. The minimum Gasteiger partial charge on any atom is -0.491 e. The van der Waals surface area contributed by atoms with Crippen LogP contribution in [0.1, 0.15) is 35.4 Å². The van der Waals surface area contributed by atoms with Crippen molar-refractivity contribution in [3.8, 4) is 5.75 Å². The zero-order valence-electron chi connectivity index (χ0n) is 15.5. The molecule has 24 heavy (non-hydrogen) atoms. The lowest BCUT2D eigenvalue weighted by Crippen LogP contribution is -2.34. The molecule has 1 heterocycles. The van der Waals surface area contributed by atoms with Crippen molar-refractivity contribution in [1.82, 2.24) is 14.7 Å². The fourth-order valence-electron chi connectivity index (χ4n) is 2.99. The van der Waals surface area contributed by atoms with Crippen LogP contribution in [0.3, 0.4) is 0 Å². The SMILES string of the molecule is Cc1ccccc1OCCN(C)C(=O)[C@H](C)c1c(C)nn(C)c1C. The summed E-state index contributed by atoms with van der Waals surface area (Å²) in [5.74, 6) is 0.745. The molecule has 1 amide bonds. The molecule has 130 valence electrons. The van der Waals surface area contributed by atoms with Gasteiger partial charge in [-0.05, 0) is 39.3 Å². The van der Waals surface area contributed by atoms with Gasteiger partial charge in [0.25, 0.3) is 0 Å². The van der Waals surface area contributed by atoms with E-state index in [-0.39, 0.29) is 11.8 Å². The van der Waals surface area contributed by atoms with E-state index in [1.807, 2.05) is 70.7 Å². The fourth-order valence-corrected chi connectivity index (χ4v) is 2.99. The number of nitrogens with zero attached hydrogens (tertiary/aromatic N) is 3. The fraction of sp³-hybridized carbons (Fsp3) is 0.474. The van der Waals surface area contributed by atoms with Crippen LogP contribution in [0.15, 0.2) is 24.3 Å². The summed E-state index contributed by atoms with van der Waals surface area (Å²) in [4.78, 5) is 14.4. The number of benzene rings is 1. The molecule has 2 aromatic rings. The van der Waals surface area contributed by atoms with Gasteiger partial charge in [0.15, 0.2) is 0 Å². The van der Waals surface area contributed by atoms with Crippen LogP contribution >= 0.6 is 0 Å². The van der Waals surface area contributed by atoms with E-state index in [1.54, 1.807) is 4.90 Å². The first kappa shape index (κ1) is 18.0. The summed E-state index contributed by atoms with van der Waals surface area (Å²) in [6.07, 6.45) is 0. The Morgan fingerprint density at radius 1 is 1.29 bits per heavy atom. The summed E-state index contributed by atoms with van der Waals surface area (Å²) in [6.45, 7) is 8.94. The molecule has 1 atom stereocenters. The molecule has 0 aliphatic carbocycles. The van der Waals surface area contributed by atoms with Gasteiger partial charge in [-0.3, -0.25) is 9.48 Å². The Bertz CT molecular complexity index is 721. The number of para-hydroxylation sites is 1. The summed E-state index contributed by atoms with van der Waals surface area (Å²) in [7, 11) is 3.73. The van der Waals surface area contributed by atoms with Crippen LogP contribution in [0.5, 0.6) is 5.75 Å². The number of likely N-dealkylation sites (N-methyl/N-ethyl adjacent to an activating group) is 1. The highest BCUT2D eigenvalue weighted by Crippen LogP contribution is 2.24. The quantitative estimate of drug-likeness (QED) is 0.818. The second kappa shape index (κ2) is 7.51. The average molecular weight is 329 g/mol. The van der Waals surface area contributed by atoms with Crippen LogP contribution in [-0.2, 0) is 11.8 Å². The molecule has 0 bridgehead atoms. The molecule has 0 N–H and O–H groups in total. The van der Waals surface area contributed by atoms with Gasteiger partial charge >= 0.3 is 0 Å². The first-order chi connectivity index (χ1) is 11.3. The molecule has 0 aliphatic heterocycles. The van der Waals surface area contributed by atoms with Crippen molar-refractivity contribution in [2.75, 3.05) is 20.2 Å². The lowest BCUT2D eigenvalue weighted by Gasteiger charge is -2.22. The monoisotopic (exact) mass is 329 g/mol. The minimum absolute atomic E-state index is 0.0857. The van der Waals surface area contributed by atoms with E-state index in [2.05, 4.69) is 5.10 Å². The van der Waals surface area contributed by atoms with Gasteiger partial charge in [0.1, 0.15) is 12.4 Å². The first-order valence-electron chi connectivity index (χ1n) is 8.26. The topological polar surface area (TPSA) is 47.4 Å². The third-order valence-corrected chi connectivity index (χ3v) is 4.52. The second-order valence-electron chi connectivity index (χ2n) is 6.30. The van der Waals surface area contributed by atoms with E-state index in [9.17, 15) is 4.79 Å². The molecule has 0 saturated heterocycles. The molecule has 0 aliphatic rings. The standard InChI is InChI=1S/C19H27N3O2/c1-13-9-7-8-10-17(13)24-12-11-21(5)19(23)14(2)18-15(3)20-22(6)16(18)4/h7-10,14H,11-12H2,1-6H3/t14-/m1/s1. The summed E-state index contributed by atoms with van der Waals surface area (Å²) < 4.78 is 7.61. The van der Waals surface area contributed by atoms with Gasteiger partial charge in [0, 0.05) is 25.4 Å².